The molecular formula is C20H17N3O3. The predicted octanol–water partition coefficient (Wildman–Crippen LogP) is 3.41. The van der Waals surface area contributed by atoms with Crippen LogP contribution < -0.4 is 4.74 Å². The van der Waals surface area contributed by atoms with E-state index >= 15 is 0 Å². The monoisotopic (exact) mass is 347 g/mol. The Morgan fingerprint density at radius 2 is 1.27 bits per heavy atom. The fourth-order valence-electron chi connectivity index (χ4n) is 2.56. The minimum Gasteiger partial charge on any atom is -0.475 e. The fraction of sp³-hybridized carbons (Fsp3) is 0.100. The Morgan fingerprint density at radius 3 is 1.69 bits per heavy atom. The topological polar surface area (TPSA) is 85.2 Å². The molecule has 0 fully saturated rings. The molecule has 6 nitrogen and oxygen atoms in total. The number of rotatable bonds is 5. The normalized spacial score (nSPS) is 10.2. The number of hydrogen-bond donors (Lipinski definition) is 1. The van der Waals surface area contributed by atoms with E-state index in [1.807, 2.05) is 60.7 Å². The van der Waals surface area contributed by atoms with E-state index in [9.17, 15) is 9.90 Å². The van der Waals surface area contributed by atoms with Crippen molar-refractivity contribution in [3.63, 3.8) is 0 Å². The first kappa shape index (κ1) is 17.3. The number of benzene rings is 2. The number of ether oxygens (including phenoxy) is 1. The highest BCUT2D eigenvalue weighted by Gasteiger charge is 2.22. The van der Waals surface area contributed by atoms with Gasteiger partial charge in [0.05, 0.1) is 0 Å². The largest absolute Gasteiger partial charge is 0.475 e. The molecular weight excluding hydrogens is 330 g/mol. The summed E-state index contributed by atoms with van der Waals surface area (Å²) < 4.78 is 5.63. The summed E-state index contributed by atoms with van der Waals surface area (Å²) in [5.74, 6) is -0.535. The molecule has 1 heterocycles. The lowest BCUT2D eigenvalue weighted by Gasteiger charge is -2.13. The van der Waals surface area contributed by atoms with E-state index in [1.54, 1.807) is 13.8 Å². The van der Waals surface area contributed by atoms with E-state index in [1.165, 1.54) is 0 Å². The molecule has 3 aromatic rings. The van der Waals surface area contributed by atoms with Gasteiger partial charge in [0.2, 0.25) is 5.76 Å². The highest BCUT2D eigenvalue weighted by atomic mass is 16.5. The zero-order chi connectivity index (χ0) is 18.5. The average Bonchev–Trinajstić information content (AvgIpc) is 2.62. The maximum atomic E-state index is 12.0. The number of aromatic nitrogens is 3. The van der Waals surface area contributed by atoms with Gasteiger partial charge in [-0.15, -0.1) is 0 Å². The summed E-state index contributed by atoms with van der Waals surface area (Å²) in [6.07, 6.45) is 0. The number of aryl methyl sites for hydroxylation is 2. The van der Waals surface area contributed by atoms with E-state index in [0.717, 1.165) is 11.1 Å². The highest BCUT2D eigenvalue weighted by Crippen LogP contribution is 2.28. The second-order valence-electron chi connectivity index (χ2n) is 5.56. The molecule has 1 N–H and O–H groups in total. The Morgan fingerprint density at radius 1 is 0.808 bits per heavy atom. The van der Waals surface area contributed by atoms with Crippen LogP contribution in [0.5, 0.6) is 6.01 Å². The molecule has 0 bridgehead atoms. The first-order chi connectivity index (χ1) is 12.5. The van der Waals surface area contributed by atoms with Crippen LogP contribution in [0.25, 0.3) is 5.57 Å². The van der Waals surface area contributed by atoms with Crippen molar-refractivity contribution in [3.05, 3.63) is 89.2 Å². The molecule has 0 saturated carbocycles. The summed E-state index contributed by atoms with van der Waals surface area (Å²) >= 11 is 0. The summed E-state index contributed by atoms with van der Waals surface area (Å²) in [6.45, 7) is 3.39. The molecule has 0 saturated heterocycles. The van der Waals surface area contributed by atoms with Gasteiger partial charge in [-0.05, 0) is 25.0 Å². The van der Waals surface area contributed by atoms with Gasteiger partial charge in [0.15, 0.2) is 0 Å². The van der Waals surface area contributed by atoms with Crippen molar-refractivity contribution >= 4 is 11.5 Å². The van der Waals surface area contributed by atoms with Crippen LogP contribution in [0.1, 0.15) is 22.8 Å². The third-order valence-electron chi connectivity index (χ3n) is 3.58. The molecule has 0 amide bonds. The van der Waals surface area contributed by atoms with E-state index < -0.39 is 5.97 Å². The average molecular weight is 347 g/mol. The molecule has 26 heavy (non-hydrogen) atoms. The van der Waals surface area contributed by atoms with Crippen LogP contribution in [0.4, 0.5) is 0 Å². The zero-order valence-corrected chi connectivity index (χ0v) is 14.4. The van der Waals surface area contributed by atoms with Gasteiger partial charge in [-0.3, -0.25) is 0 Å². The van der Waals surface area contributed by atoms with Gasteiger partial charge in [-0.1, -0.05) is 60.7 Å². The van der Waals surface area contributed by atoms with Crippen LogP contribution in [-0.2, 0) is 4.79 Å². The van der Waals surface area contributed by atoms with E-state index in [4.69, 9.17) is 4.74 Å². The number of hydrogen-bond acceptors (Lipinski definition) is 5. The van der Waals surface area contributed by atoms with Crippen LogP contribution in [0.3, 0.4) is 0 Å². The molecule has 0 aliphatic heterocycles. The Hall–Kier alpha value is -3.54. The summed E-state index contributed by atoms with van der Waals surface area (Å²) in [7, 11) is 0. The van der Waals surface area contributed by atoms with Crippen molar-refractivity contribution in [3.8, 4) is 6.01 Å². The molecule has 1 aromatic heterocycles. The molecule has 0 spiro atoms. The van der Waals surface area contributed by atoms with E-state index in [-0.39, 0.29) is 11.8 Å². The number of carboxylic acid groups (broad SMARTS) is 1. The third-order valence-corrected chi connectivity index (χ3v) is 3.58. The summed E-state index contributed by atoms with van der Waals surface area (Å²) in [6, 6.07) is 18.4. The lowest BCUT2D eigenvalue weighted by Crippen LogP contribution is -2.14. The van der Waals surface area contributed by atoms with Crippen LogP contribution in [0.15, 0.2) is 66.4 Å². The second-order valence-corrected chi connectivity index (χ2v) is 5.56. The van der Waals surface area contributed by atoms with E-state index in [2.05, 4.69) is 15.0 Å². The molecule has 130 valence electrons. The van der Waals surface area contributed by atoms with Gasteiger partial charge in [0.25, 0.3) is 0 Å². The van der Waals surface area contributed by atoms with E-state index in [0.29, 0.717) is 17.2 Å². The summed E-state index contributed by atoms with van der Waals surface area (Å²) in [4.78, 5) is 24.3. The van der Waals surface area contributed by atoms with Crippen molar-refractivity contribution < 1.29 is 14.6 Å². The van der Waals surface area contributed by atoms with Crippen molar-refractivity contribution in [1.29, 1.82) is 0 Å². The Balaban J connectivity index is 2.20. The maximum absolute atomic E-state index is 12.0. The highest BCUT2D eigenvalue weighted by molar-refractivity contribution is 5.99. The fourth-order valence-corrected chi connectivity index (χ4v) is 2.56. The van der Waals surface area contributed by atoms with Crippen molar-refractivity contribution in [2.45, 2.75) is 13.8 Å². The molecule has 0 atom stereocenters. The Bertz CT molecular complexity index is 893. The first-order valence-corrected chi connectivity index (χ1v) is 8.00. The van der Waals surface area contributed by atoms with Gasteiger partial charge < -0.3 is 9.84 Å². The van der Waals surface area contributed by atoms with Crippen LogP contribution >= 0.6 is 0 Å². The lowest BCUT2D eigenvalue weighted by atomic mass is 9.96. The van der Waals surface area contributed by atoms with Gasteiger partial charge in [0, 0.05) is 5.57 Å². The van der Waals surface area contributed by atoms with Crippen molar-refractivity contribution in [2.24, 2.45) is 0 Å². The molecule has 0 radical (unpaired) electrons. The maximum Gasteiger partial charge on any atom is 0.372 e. The summed E-state index contributed by atoms with van der Waals surface area (Å²) in [5.41, 5.74) is 1.90. The van der Waals surface area contributed by atoms with Crippen molar-refractivity contribution in [2.75, 3.05) is 0 Å². The quantitative estimate of drug-likeness (QED) is 0.562. The summed E-state index contributed by atoms with van der Waals surface area (Å²) in [5, 5.41) is 9.81. The van der Waals surface area contributed by atoms with Gasteiger partial charge >= 0.3 is 12.0 Å². The molecule has 0 aliphatic carbocycles. The first-order valence-electron chi connectivity index (χ1n) is 8.00. The lowest BCUT2D eigenvalue weighted by molar-refractivity contribution is -0.135. The number of nitrogens with zero attached hydrogens (tertiary/aromatic N) is 3. The minimum absolute atomic E-state index is 0.0447. The van der Waals surface area contributed by atoms with Crippen LogP contribution in [0, 0.1) is 13.8 Å². The molecule has 0 aliphatic rings. The molecule has 2 aromatic carbocycles. The number of carbonyl (C=O) groups is 1. The van der Waals surface area contributed by atoms with Gasteiger partial charge in [0.1, 0.15) is 11.6 Å². The third kappa shape index (κ3) is 3.92. The second kappa shape index (κ2) is 7.57. The number of carboxylic acids is 1. The Labute approximate surface area is 150 Å². The SMILES string of the molecule is Cc1nc(C)nc(OC(C(=O)O)=C(c2ccccc2)c2ccccc2)n1. The minimum atomic E-state index is -1.21. The van der Waals surface area contributed by atoms with Crippen molar-refractivity contribution in [1.82, 2.24) is 15.0 Å². The zero-order valence-electron chi connectivity index (χ0n) is 14.4. The number of aliphatic carboxylic acids is 1. The predicted molar refractivity (Wildman–Crippen MR) is 96.5 cm³/mol. The smallest absolute Gasteiger partial charge is 0.372 e. The molecule has 6 heteroatoms. The molecule has 3 rings (SSSR count). The van der Waals surface area contributed by atoms with Crippen LogP contribution in [-0.4, -0.2) is 26.0 Å². The Kier molecular flexibility index (Phi) is 5.03. The standard InChI is InChI=1S/C20H17N3O3/c1-13-21-14(2)23-20(22-13)26-18(19(24)25)17(15-9-5-3-6-10-15)16-11-7-4-8-12-16/h3-12H,1-2H3,(H,24,25). The van der Waals surface area contributed by atoms with Crippen LogP contribution in [0.2, 0.25) is 0 Å². The molecule has 0 unspecified atom stereocenters. The van der Waals surface area contributed by atoms with Gasteiger partial charge in [-0.2, -0.15) is 9.97 Å². The van der Waals surface area contributed by atoms with Gasteiger partial charge in [-0.25, -0.2) is 9.78 Å².